The van der Waals surface area contributed by atoms with E-state index in [1.807, 2.05) is 0 Å². The Morgan fingerprint density at radius 1 is 1.19 bits per heavy atom. The van der Waals surface area contributed by atoms with E-state index in [4.69, 9.17) is 5.73 Å². The molecule has 2 fully saturated rings. The molecule has 0 amide bonds. The molecule has 1 aromatic rings. The van der Waals surface area contributed by atoms with Crippen LogP contribution in [0.4, 0.5) is 11.6 Å². The van der Waals surface area contributed by atoms with Gasteiger partial charge in [0.1, 0.15) is 17.5 Å². The first-order valence-corrected chi connectivity index (χ1v) is 7.93. The number of nitrogens with zero attached hydrogens (tertiary/aromatic N) is 3. The summed E-state index contributed by atoms with van der Waals surface area (Å²) in [4.78, 5) is 0. The van der Waals surface area contributed by atoms with Crippen LogP contribution in [0.2, 0.25) is 0 Å². The molecule has 21 heavy (non-hydrogen) atoms. The molecule has 0 bridgehead atoms. The lowest BCUT2D eigenvalue weighted by molar-refractivity contribution is 0.131. The van der Waals surface area contributed by atoms with Crippen LogP contribution in [0.25, 0.3) is 0 Å². The Hall–Kier alpha value is -1.74. The molecule has 2 aliphatic carbocycles. The lowest BCUT2D eigenvalue weighted by Gasteiger charge is -2.22. The summed E-state index contributed by atoms with van der Waals surface area (Å²) in [7, 11) is 0. The first kappa shape index (κ1) is 14.2. The monoisotopic (exact) mass is 289 g/mol. The summed E-state index contributed by atoms with van der Waals surface area (Å²) >= 11 is 0. The predicted molar refractivity (Wildman–Crippen MR) is 80.7 cm³/mol. The summed E-state index contributed by atoms with van der Waals surface area (Å²) in [6, 6.07) is 2.44. The zero-order valence-electron chi connectivity index (χ0n) is 12.3. The maximum absolute atomic E-state index is 10.0. The molecule has 0 saturated heterocycles. The number of aliphatic hydroxyl groups excluding tert-OH is 1. The van der Waals surface area contributed by atoms with Crippen LogP contribution >= 0.6 is 0 Å². The fourth-order valence-corrected chi connectivity index (χ4v) is 3.56. The Balaban J connectivity index is 1.84. The molecule has 1 aromatic heterocycles. The quantitative estimate of drug-likeness (QED) is 0.791. The number of hydrogen-bond donors (Lipinski definition) is 3. The summed E-state index contributed by atoms with van der Waals surface area (Å²) in [5.74, 6) is 0.961. The van der Waals surface area contributed by atoms with Crippen LogP contribution in [-0.4, -0.2) is 27.0 Å². The second-order valence-electron chi connectivity index (χ2n) is 6.21. The van der Waals surface area contributed by atoms with Gasteiger partial charge in [0.15, 0.2) is 5.82 Å². The molecule has 4 N–H and O–H groups in total. The van der Waals surface area contributed by atoms with E-state index >= 15 is 0 Å². The molecular weight excluding hydrogens is 266 g/mol. The van der Waals surface area contributed by atoms with Crippen molar-refractivity contribution >= 4 is 11.6 Å². The van der Waals surface area contributed by atoms with Gasteiger partial charge in [0.25, 0.3) is 0 Å². The molecular formula is C15H23N5O. The third kappa shape index (κ3) is 2.70. The van der Waals surface area contributed by atoms with Gasteiger partial charge in [0, 0.05) is 6.04 Å². The largest absolute Gasteiger partial charge is 0.391 e. The molecule has 6 heteroatoms. The smallest absolute Gasteiger partial charge is 0.168 e. The number of aliphatic hydroxyl groups is 1. The highest BCUT2D eigenvalue weighted by Crippen LogP contribution is 2.35. The van der Waals surface area contributed by atoms with Crippen molar-refractivity contribution in [2.24, 2.45) is 0 Å². The molecule has 114 valence electrons. The van der Waals surface area contributed by atoms with Crippen LogP contribution in [0.1, 0.15) is 63.0 Å². The molecule has 2 aliphatic rings. The molecule has 6 nitrogen and oxygen atoms in total. The minimum Gasteiger partial charge on any atom is -0.391 e. The van der Waals surface area contributed by atoms with E-state index < -0.39 is 6.10 Å². The lowest BCUT2D eigenvalue weighted by atomic mass is 9.95. The molecule has 0 radical (unpaired) electrons. The Morgan fingerprint density at radius 3 is 2.57 bits per heavy atom. The maximum atomic E-state index is 10.0. The number of nitrogens with one attached hydrogen (secondary N) is 1. The highest BCUT2D eigenvalue weighted by Gasteiger charge is 2.31. The number of nitrogens with two attached hydrogens (primary N) is 1. The fraction of sp³-hybridized carbons (Fsp3) is 0.733. The third-order valence-electron chi connectivity index (χ3n) is 4.76. The van der Waals surface area contributed by atoms with Crippen LogP contribution < -0.4 is 11.1 Å². The van der Waals surface area contributed by atoms with Gasteiger partial charge in [-0.3, -0.25) is 0 Å². The van der Waals surface area contributed by atoms with Crippen molar-refractivity contribution < 1.29 is 5.11 Å². The summed E-state index contributed by atoms with van der Waals surface area (Å²) in [6.45, 7) is 0. The van der Waals surface area contributed by atoms with E-state index in [2.05, 4.69) is 16.5 Å². The van der Waals surface area contributed by atoms with Crippen molar-refractivity contribution in [2.45, 2.75) is 69.6 Å². The molecule has 0 aliphatic heterocycles. The Bertz CT molecular complexity index is 541. The standard InChI is InChI=1S/C15H23N5O/c16-9-11-14(17)20(12-7-4-8-13(12)21)19-15(11)18-10-5-2-1-3-6-10/h10,12-13,21H,1-8,17H2,(H,18,19). The van der Waals surface area contributed by atoms with Gasteiger partial charge >= 0.3 is 0 Å². The van der Waals surface area contributed by atoms with Crippen molar-refractivity contribution in [3.05, 3.63) is 5.56 Å². The van der Waals surface area contributed by atoms with Gasteiger partial charge in [-0.1, -0.05) is 19.3 Å². The number of hydrogen-bond acceptors (Lipinski definition) is 5. The summed E-state index contributed by atoms with van der Waals surface area (Å²) in [6.07, 6.45) is 8.15. The van der Waals surface area contributed by atoms with Crippen molar-refractivity contribution in [2.75, 3.05) is 11.1 Å². The van der Waals surface area contributed by atoms with Gasteiger partial charge in [-0.15, -0.1) is 0 Å². The average molecular weight is 289 g/mol. The molecule has 2 unspecified atom stereocenters. The normalized spacial score (nSPS) is 26.7. The fourth-order valence-electron chi connectivity index (χ4n) is 3.56. The van der Waals surface area contributed by atoms with Crippen molar-refractivity contribution in [1.82, 2.24) is 9.78 Å². The summed E-state index contributed by atoms with van der Waals surface area (Å²) < 4.78 is 1.65. The SMILES string of the molecule is N#Cc1c(NC2CCCCC2)nn(C2CCCC2O)c1N. The predicted octanol–water partition coefficient (Wildman–Crippen LogP) is 2.17. The van der Waals surface area contributed by atoms with Crippen molar-refractivity contribution in [1.29, 1.82) is 5.26 Å². The zero-order valence-corrected chi connectivity index (χ0v) is 12.3. The van der Waals surface area contributed by atoms with Crippen LogP contribution in [0.15, 0.2) is 0 Å². The molecule has 2 atom stereocenters. The highest BCUT2D eigenvalue weighted by molar-refractivity contribution is 5.64. The molecule has 2 saturated carbocycles. The van der Waals surface area contributed by atoms with Crippen LogP contribution in [-0.2, 0) is 0 Å². The highest BCUT2D eigenvalue weighted by atomic mass is 16.3. The van der Waals surface area contributed by atoms with Crippen molar-refractivity contribution in [3.63, 3.8) is 0 Å². The number of nitrogen functional groups attached to an aromatic ring is 1. The Kier molecular flexibility index (Phi) is 4.02. The average Bonchev–Trinajstić information content (AvgIpc) is 3.04. The Labute approximate surface area is 124 Å². The van der Waals surface area contributed by atoms with Gasteiger partial charge in [-0.2, -0.15) is 10.4 Å². The Morgan fingerprint density at radius 2 is 1.95 bits per heavy atom. The first-order chi connectivity index (χ1) is 10.2. The number of anilines is 2. The lowest BCUT2D eigenvalue weighted by Crippen LogP contribution is -2.23. The molecule has 1 heterocycles. The minimum absolute atomic E-state index is 0.0981. The number of nitriles is 1. The number of aromatic nitrogens is 2. The molecule has 3 rings (SSSR count). The summed E-state index contributed by atoms with van der Waals surface area (Å²) in [5, 5.41) is 27.3. The van der Waals surface area contributed by atoms with E-state index in [9.17, 15) is 10.4 Å². The van der Waals surface area contributed by atoms with E-state index in [0.29, 0.717) is 23.2 Å². The summed E-state index contributed by atoms with van der Waals surface area (Å²) in [5.41, 5.74) is 6.51. The third-order valence-corrected chi connectivity index (χ3v) is 4.76. The second-order valence-corrected chi connectivity index (χ2v) is 6.21. The van der Waals surface area contributed by atoms with Gasteiger partial charge in [-0.25, -0.2) is 4.68 Å². The van der Waals surface area contributed by atoms with Crippen LogP contribution in [0, 0.1) is 11.3 Å². The topological polar surface area (TPSA) is 99.9 Å². The minimum atomic E-state index is -0.415. The zero-order chi connectivity index (χ0) is 14.8. The van der Waals surface area contributed by atoms with Gasteiger partial charge in [-0.05, 0) is 32.1 Å². The van der Waals surface area contributed by atoms with Crippen LogP contribution in [0.3, 0.4) is 0 Å². The van der Waals surface area contributed by atoms with Gasteiger partial charge in [0.05, 0.1) is 12.1 Å². The molecule has 0 aromatic carbocycles. The van der Waals surface area contributed by atoms with Gasteiger partial charge in [0.2, 0.25) is 0 Å². The van der Waals surface area contributed by atoms with Crippen LogP contribution in [0.5, 0.6) is 0 Å². The van der Waals surface area contributed by atoms with E-state index in [0.717, 1.165) is 32.1 Å². The second kappa shape index (κ2) is 5.94. The van der Waals surface area contributed by atoms with E-state index in [-0.39, 0.29) is 6.04 Å². The van der Waals surface area contributed by atoms with Gasteiger partial charge < -0.3 is 16.2 Å². The first-order valence-electron chi connectivity index (χ1n) is 7.93. The van der Waals surface area contributed by atoms with E-state index in [1.165, 1.54) is 19.3 Å². The molecule has 0 spiro atoms. The van der Waals surface area contributed by atoms with E-state index in [1.54, 1.807) is 4.68 Å². The maximum Gasteiger partial charge on any atom is 0.168 e. The number of rotatable bonds is 3. The van der Waals surface area contributed by atoms with Crippen molar-refractivity contribution in [3.8, 4) is 6.07 Å².